The van der Waals surface area contributed by atoms with Gasteiger partial charge in [-0.3, -0.25) is 9.59 Å². The maximum absolute atomic E-state index is 13.6. The summed E-state index contributed by atoms with van der Waals surface area (Å²) in [5.74, 6) is -0.973. The summed E-state index contributed by atoms with van der Waals surface area (Å²) in [5, 5.41) is 0. The first-order valence-corrected chi connectivity index (χ1v) is 19.3. The average Bonchev–Trinajstić information content (AvgIpc) is 3.80. The Morgan fingerprint density at radius 1 is 0.940 bits per heavy atom. The van der Waals surface area contributed by atoms with Crippen molar-refractivity contribution in [3.8, 4) is 0 Å². The predicted molar refractivity (Wildman–Crippen MR) is 202 cm³/mol. The van der Waals surface area contributed by atoms with Crippen molar-refractivity contribution in [1.82, 2.24) is 19.5 Å². The molecule has 0 fully saturated rings. The molecule has 3 aromatic rings. The zero-order valence-corrected chi connectivity index (χ0v) is 31.6. The predicted octanol–water partition coefficient (Wildman–Crippen LogP) is 10.1. The van der Waals surface area contributed by atoms with Gasteiger partial charge in [0.05, 0.1) is 30.9 Å². The van der Waals surface area contributed by atoms with E-state index in [2.05, 4.69) is 53.9 Å². The molecular formula is C42H64N4O4. The lowest BCUT2D eigenvalue weighted by Gasteiger charge is -2.25. The number of hydrogen-bond donors (Lipinski definition) is 1. The summed E-state index contributed by atoms with van der Waals surface area (Å²) in [5.41, 5.74) is 5.19. The third-order valence-electron chi connectivity index (χ3n) is 10.1. The molecule has 2 unspecified atom stereocenters. The highest BCUT2D eigenvalue weighted by atomic mass is 16.5. The third-order valence-corrected chi connectivity index (χ3v) is 10.1. The minimum Gasteiger partial charge on any atom is -0.465 e. The lowest BCUT2D eigenvalue weighted by atomic mass is 9.87. The quantitative estimate of drug-likeness (QED) is 0.0512. The highest BCUT2D eigenvalue weighted by Crippen LogP contribution is 2.28. The van der Waals surface area contributed by atoms with Gasteiger partial charge in [-0.25, -0.2) is 9.97 Å². The van der Waals surface area contributed by atoms with E-state index in [-0.39, 0.29) is 37.0 Å². The summed E-state index contributed by atoms with van der Waals surface area (Å²) in [6, 6.07) is 6.12. The van der Waals surface area contributed by atoms with E-state index in [0.717, 1.165) is 53.8 Å². The zero-order valence-electron chi connectivity index (χ0n) is 31.6. The van der Waals surface area contributed by atoms with Gasteiger partial charge in [-0.2, -0.15) is 0 Å². The molecule has 0 aliphatic rings. The monoisotopic (exact) mass is 688 g/mol. The Hall–Kier alpha value is -3.68. The van der Waals surface area contributed by atoms with Crippen LogP contribution in [0.25, 0.3) is 0 Å². The van der Waals surface area contributed by atoms with Crippen molar-refractivity contribution in [1.29, 1.82) is 0 Å². The van der Waals surface area contributed by atoms with Crippen molar-refractivity contribution in [2.24, 2.45) is 18.9 Å². The van der Waals surface area contributed by atoms with Gasteiger partial charge in [-0.05, 0) is 68.6 Å². The van der Waals surface area contributed by atoms with E-state index < -0.39 is 5.92 Å². The van der Waals surface area contributed by atoms with Gasteiger partial charge in [0.15, 0.2) is 0 Å². The van der Waals surface area contributed by atoms with Crippen LogP contribution >= 0.6 is 0 Å². The van der Waals surface area contributed by atoms with E-state index in [1.807, 2.05) is 43.1 Å². The van der Waals surface area contributed by atoms with Crippen LogP contribution in [0.5, 0.6) is 0 Å². The van der Waals surface area contributed by atoms with Crippen LogP contribution in [0, 0.1) is 18.8 Å². The maximum Gasteiger partial charge on any atom is 0.309 e. The van der Waals surface area contributed by atoms with Gasteiger partial charge in [0, 0.05) is 43.4 Å². The van der Waals surface area contributed by atoms with Crippen LogP contribution in [0.2, 0.25) is 0 Å². The molecule has 0 aliphatic heterocycles. The van der Waals surface area contributed by atoms with Gasteiger partial charge in [-0.15, -0.1) is 0 Å². The van der Waals surface area contributed by atoms with Crippen LogP contribution in [-0.4, -0.2) is 38.1 Å². The van der Waals surface area contributed by atoms with Crippen LogP contribution in [0.4, 0.5) is 0 Å². The number of carbonyl (C=O) groups excluding carboxylic acids is 2. The highest BCUT2D eigenvalue weighted by molar-refractivity contribution is 5.73. The zero-order chi connectivity index (χ0) is 36.0. The van der Waals surface area contributed by atoms with Crippen LogP contribution in [-0.2, 0) is 39.1 Å². The maximum atomic E-state index is 13.6. The van der Waals surface area contributed by atoms with E-state index in [4.69, 9.17) is 9.47 Å². The Morgan fingerprint density at radius 2 is 1.64 bits per heavy atom. The molecule has 0 saturated heterocycles. The fraction of sp³-hybridized carbons (Fsp3) is 0.619. The van der Waals surface area contributed by atoms with Gasteiger partial charge in [0.2, 0.25) is 0 Å². The smallest absolute Gasteiger partial charge is 0.309 e. The number of imidazole rings is 2. The fourth-order valence-electron chi connectivity index (χ4n) is 6.72. The number of aryl methyl sites for hydroxylation is 1. The number of benzene rings is 1. The van der Waals surface area contributed by atoms with E-state index in [0.29, 0.717) is 19.3 Å². The SMILES string of the molecule is CCCCCCCC/C=C\CCCCCCCC(=O)OCC(Cc1cncn1C)C(CC)C(=O)OCc1cccc([C@H](C)c2c[nH]cn2)c1C. The molecule has 8 nitrogen and oxygen atoms in total. The Balaban J connectivity index is 1.43. The number of allylic oxidation sites excluding steroid dienone is 2. The summed E-state index contributed by atoms with van der Waals surface area (Å²) in [7, 11) is 1.94. The molecule has 276 valence electrons. The molecule has 1 aromatic carbocycles. The molecule has 3 atom stereocenters. The number of ether oxygens (including phenoxy) is 2. The number of hydrogen-bond acceptors (Lipinski definition) is 6. The second-order valence-electron chi connectivity index (χ2n) is 13.9. The second kappa shape index (κ2) is 23.7. The van der Waals surface area contributed by atoms with Crippen molar-refractivity contribution in [2.75, 3.05) is 6.61 Å². The molecule has 0 amide bonds. The average molecular weight is 689 g/mol. The van der Waals surface area contributed by atoms with Gasteiger partial charge in [0.25, 0.3) is 0 Å². The van der Waals surface area contributed by atoms with Crippen LogP contribution in [0.3, 0.4) is 0 Å². The Bertz CT molecular complexity index is 1400. The molecule has 1 N–H and O–H groups in total. The van der Waals surface area contributed by atoms with Crippen molar-refractivity contribution in [3.63, 3.8) is 0 Å². The van der Waals surface area contributed by atoms with Gasteiger partial charge < -0.3 is 19.0 Å². The number of nitrogens with zero attached hydrogens (tertiary/aromatic N) is 3. The first-order chi connectivity index (χ1) is 24.3. The van der Waals surface area contributed by atoms with E-state index >= 15 is 0 Å². The normalized spacial score (nSPS) is 13.4. The molecule has 3 rings (SSSR count). The van der Waals surface area contributed by atoms with Gasteiger partial charge in [-0.1, -0.05) is 102 Å². The lowest BCUT2D eigenvalue weighted by Crippen LogP contribution is -2.31. The number of aromatic nitrogens is 4. The molecule has 2 heterocycles. The van der Waals surface area contributed by atoms with Crippen molar-refractivity contribution < 1.29 is 19.1 Å². The molecule has 2 aromatic heterocycles. The van der Waals surface area contributed by atoms with Gasteiger partial charge >= 0.3 is 11.9 Å². The summed E-state index contributed by atoms with van der Waals surface area (Å²) >= 11 is 0. The Morgan fingerprint density at radius 3 is 2.28 bits per heavy atom. The number of carbonyl (C=O) groups is 2. The number of rotatable bonds is 26. The third kappa shape index (κ3) is 14.3. The molecule has 0 radical (unpaired) electrons. The van der Waals surface area contributed by atoms with E-state index in [9.17, 15) is 9.59 Å². The first-order valence-electron chi connectivity index (χ1n) is 19.3. The largest absolute Gasteiger partial charge is 0.465 e. The minimum absolute atomic E-state index is 0.116. The summed E-state index contributed by atoms with van der Waals surface area (Å²) < 4.78 is 13.7. The van der Waals surface area contributed by atoms with Crippen molar-refractivity contribution in [3.05, 3.63) is 83.5 Å². The molecule has 0 spiro atoms. The molecule has 8 heteroatoms. The van der Waals surface area contributed by atoms with Gasteiger partial charge in [0.1, 0.15) is 6.61 Å². The second-order valence-corrected chi connectivity index (χ2v) is 13.9. The molecule has 0 aliphatic carbocycles. The lowest BCUT2D eigenvalue weighted by molar-refractivity contribution is -0.156. The number of nitrogens with one attached hydrogen (secondary N) is 1. The molecule has 50 heavy (non-hydrogen) atoms. The standard InChI is InChI=1S/C42H64N4O4/c1-6-8-9-10-11-12-13-14-15-16-17-18-19-20-21-25-41(47)49-30-36(26-37-27-44-32-46(37)5)38(7-2)42(48)50-29-35-23-22-24-39(33(35)3)34(4)40-28-43-31-45-40/h14-15,22-24,27-28,31-32,34,36,38H,6-13,16-21,25-26,29-30H2,1-5H3,(H,43,45)/b15-14-/t34-,36?,38?/m0/s1. The van der Waals surface area contributed by atoms with Crippen LogP contribution in [0.1, 0.15) is 151 Å². The van der Waals surface area contributed by atoms with E-state index in [1.165, 1.54) is 57.8 Å². The molecule has 0 saturated carbocycles. The van der Waals surface area contributed by atoms with Crippen molar-refractivity contribution in [2.45, 2.75) is 143 Å². The van der Waals surface area contributed by atoms with Crippen LogP contribution in [0.15, 0.2) is 55.4 Å². The Kier molecular flexibility index (Phi) is 19.3. The highest BCUT2D eigenvalue weighted by Gasteiger charge is 2.31. The minimum atomic E-state index is -0.413. The molecular weight excluding hydrogens is 624 g/mol. The number of unbranched alkanes of at least 4 members (excludes halogenated alkanes) is 11. The summed E-state index contributed by atoms with van der Waals surface area (Å²) in [6.45, 7) is 8.82. The molecule has 0 bridgehead atoms. The van der Waals surface area contributed by atoms with Crippen LogP contribution < -0.4 is 0 Å². The summed E-state index contributed by atoms with van der Waals surface area (Å²) in [6.07, 6.45) is 29.3. The number of aromatic amines is 1. The fourth-order valence-corrected chi connectivity index (χ4v) is 6.72. The van der Waals surface area contributed by atoms with E-state index in [1.54, 1.807) is 12.7 Å². The topological polar surface area (TPSA) is 99.1 Å². The number of H-pyrrole nitrogens is 1. The number of esters is 2. The first kappa shape index (κ1) is 40.7. The van der Waals surface area contributed by atoms with Crippen molar-refractivity contribution >= 4 is 11.9 Å². The summed E-state index contributed by atoms with van der Waals surface area (Å²) in [4.78, 5) is 38.1. The Labute approximate surface area is 301 Å².